The molecule has 0 amide bonds. The molecule has 14 heavy (non-hydrogen) atoms. The van der Waals surface area contributed by atoms with Crippen LogP contribution in [0.1, 0.15) is 40.0 Å². The molecule has 1 saturated heterocycles. The van der Waals surface area contributed by atoms with E-state index in [1.165, 1.54) is 12.8 Å². The predicted molar refractivity (Wildman–Crippen MR) is 61.0 cm³/mol. The van der Waals surface area contributed by atoms with E-state index in [1.54, 1.807) is 0 Å². The fourth-order valence-corrected chi connectivity index (χ4v) is 1.89. The summed E-state index contributed by atoms with van der Waals surface area (Å²) in [5, 5.41) is 3.65. The number of hydrogen-bond acceptors (Lipinski definition) is 2. The molecular weight excluding hydrogens is 198 g/mol. The molecule has 0 bridgehead atoms. The van der Waals surface area contributed by atoms with Gasteiger partial charge in [-0.25, -0.2) is 0 Å². The highest BCUT2D eigenvalue weighted by Gasteiger charge is 2.30. The zero-order chi connectivity index (χ0) is 10.6. The topological polar surface area (TPSA) is 21.3 Å². The highest BCUT2D eigenvalue weighted by Crippen LogP contribution is 2.28. The normalized spacial score (nSPS) is 27.9. The van der Waals surface area contributed by atoms with Crippen LogP contribution in [0.3, 0.4) is 0 Å². The highest BCUT2D eigenvalue weighted by atomic mass is 35.5. The molecular formula is C11H22ClNO. The first kappa shape index (κ1) is 12.3. The number of alkyl halides is 1. The standard InChI is InChI=1S/C11H22ClNO/c1-9(12)5-7-13-8-10-4-6-11(2,3)14-10/h9-10,13H,4-8H2,1-3H3. The van der Waals surface area contributed by atoms with E-state index in [9.17, 15) is 0 Å². The lowest BCUT2D eigenvalue weighted by Gasteiger charge is -2.19. The number of ether oxygens (including phenoxy) is 1. The third kappa shape index (κ3) is 4.63. The van der Waals surface area contributed by atoms with Crippen molar-refractivity contribution < 1.29 is 4.74 Å². The molecule has 0 aliphatic carbocycles. The molecule has 1 aliphatic heterocycles. The van der Waals surface area contributed by atoms with Gasteiger partial charge in [0, 0.05) is 11.9 Å². The van der Waals surface area contributed by atoms with Crippen molar-refractivity contribution in [2.24, 2.45) is 0 Å². The van der Waals surface area contributed by atoms with Crippen LogP contribution in [0.15, 0.2) is 0 Å². The Morgan fingerprint density at radius 1 is 1.57 bits per heavy atom. The van der Waals surface area contributed by atoms with Crippen molar-refractivity contribution in [1.82, 2.24) is 5.32 Å². The van der Waals surface area contributed by atoms with E-state index in [4.69, 9.17) is 16.3 Å². The Morgan fingerprint density at radius 3 is 2.79 bits per heavy atom. The summed E-state index contributed by atoms with van der Waals surface area (Å²) in [6.45, 7) is 8.30. The molecule has 2 unspecified atom stereocenters. The van der Waals surface area contributed by atoms with Crippen molar-refractivity contribution in [3.05, 3.63) is 0 Å². The largest absolute Gasteiger partial charge is 0.371 e. The third-order valence-corrected chi connectivity index (χ3v) is 2.86. The maximum atomic E-state index is 5.86. The molecule has 0 radical (unpaired) electrons. The average molecular weight is 220 g/mol. The van der Waals surface area contributed by atoms with E-state index in [1.807, 2.05) is 6.92 Å². The first-order chi connectivity index (χ1) is 6.49. The van der Waals surface area contributed by atoms with Gasteiger partial charge in [0.15, 0.2) is 0 Å². The Morgan fingerprint density at radius 2 is 2.29 bits per heavy atom. The minimum atomic E-state index is 0.0894. The summed E-state index contributed by atoms with van der Waals surface area (Å²) in [6, 6.07) is 0. The van der Waals surface area contributed by atoms with Crippen LogP contribution >= 0.6 is 11.6 Å². The smallest absolute Gasteiger partial charge is 0.0707 e. The summed E-state index contributed by atoms with van der Waals surface area (Å²) < 4.78 is 5.86. The molecule has 3 heteroatoms. The molecule has 1 N–H and O–H groups in total. The molecule has 0 aromatic heterocycles. The Labute approximate surface area is 92.3 Å². The summed E-state index contributed by atoms with van der Waals surface area (Å²) >= 11 is 5.85. The monoisotopic (exact) mass is 219 g/mol. The molecule has 2 nitrogen and oxygen atoms in total. The Hall–Kier alpha value is 0.210. The van der Waals surface area contributed by atoms with Crippen molar-refractivity contribution >= 4 is 11.6 Å². The molecule has 0 aromatic rings. The molecule has 0 aromatic carbocycles. The van der Waals surface area contributed by atoms with Crippen LogP contribution in [-0.2, 0) is 4.74 Å². The van der Waals surface area contributed by atoms with E-state index in [0.29, 0.717) is 6.10 Å². The van der Waals surface area contributed by atoms with Crippen LogP contribution in [0.2, 0.25) is 0 Å². The minimum Gasteiger partial charge on any atom is -0.371 e. The third-order valence-electron chi connectivity index (χ3n) is 2.64. The lowest BCUT2D eigenvalue weighted by molar-refractivity contribution is -0.0141. The number of hydrogen-bond donors (Lipinski definition) is 1. The maximum absolute atomic E-state index is 5.86. The van der Waals surface area contributed by atoms with Gasteiger partial charge in [-0.15, -0.1) is 11.6 Å². The average Bonchev–Trinajstić information content (AvgIpc) is 2.39. The van der Waals surface area contributed by atoms with Gasteiger partial charge in [0.25, 0.3) is 0 Å². The van der Waals surface area contributed by atoms with E-state index in [2.05, 4.69) is 19.2 Å². The van der Waals surface area contributed by atoms with Crippen LogP contribution in [0.25, 0.3) is 0 Å². The van der Waals surface area contributed by atoms with Gasteiger partial charge in [-0.2, -0.15) is 0 Å². The van der Waals surface area contributed by atoms with Crippen molar-refractivity contribution in [1.29, 1.82) is 0 Å². The van der Waals surface area contributed by atoms with E-state index in [0.717, 1.165) is 19.5 Å². The Bertz CT molecular complexity index is 171. The van der Waals surface area contributed by atoms with E-state index in [-0.39, 0.29) is 11.0 Å². The van der Waals surface area contributed by atoms with Crippen LogP contribution in [-0.4, -0.2) is 30.2 Å². The lowest BCUT2D eigenvalue weighted by Crippen LogP contribution is -2.30. The SMILES string of the molecule is CC(Cl)CCNCC1CCC(C)(C)O1. The quantitative estimate of drug-likeness (QED) is 0.567. The number of nitrogens with one attached hydrogen (secondary N) is 1. The molecule has 2 atom stereocenters. The van der Waals surface area contributed by atoms with E-state index >= 15 is 0 Å². The van der Waals surface area contributed by atoms with Gasteiger partial charge in [-0.1, -0.05) is 0 Å². The predicted octanol–water partition coefficient (Wildman–Crippen LogP) is 2.55. The second kappa shape index (κ2) is 5.34. The van der Waals surface area contributed by atoms with Crippen molar-refractivity contribution in [3.8, 4) is 0 Å². The molecule has 0 spiro atoms. The summed E-state index contributed by atoms with van der Waals surface area (Å²) in [4.78, 5) is 0. The summed E-state index contributed by atoms with van der Waals surface area (Å²) in [5.74, 6) is 0. The van der Waals surface area contributed by atoms with Gasteiger partial charge >= 0.3 is 0 Å². The zero-order valence-corrected chi connectivity index (χ0v) is 10.2. The fourth-order valence-electron chi connectivity index (χ4n) is 1.79. The van der Waals surface area contributed by atoms with Gasteiger partial charge in [0.2, 0.25) is 0 Å². The molecule has 84 valence electrons. The number of rotatable bonds is 5. The van der Waals surface area contributed by atoms with Crippen LogP contribution in [0, 0.1) is 0 Å². The van der Waals surface area contributed by atoms with Crippen LogP contribution < -0.4 is 5.32 Å². The summed E-state index contributed by atoms with van der Waals surface area (Å²) in [7, 11) is 0. The molecule has 1 fully saturated rings. The first-order valence-electron chi connectivity index (χ1n) is 5.52. The fraction of sp³-hybridized carbons (Fsp3) is 1.00. The Balaban J connectivity index is 2.03. The highest BCUT2D eigenvalue weighted by molar-refractivity contribution is 6.20. The Kier molecular flexibility index (Phi) is 4.68. The minimum absolute atomic E-state index is 0.0894. The van der Waals surface area contributed by atoms with Gasteiger partial charge in [-0.3, -0.25) is 0 Å². The van der Waals surface area contributed by atoms with Crippen LogP contribution in [0.5, 0.6) is 0 Å². The number of halogens is 1. The van der Waals surface area contributed by atoms with Crippen LogP contribution in [0.4, 0.5) is 0 Å². The lowest BCUT2D eigenvalue weighted by atomic mass is 10.1. The zero-order valence-electron chi connectivity index (χ0n) is 9.48. The molecule has 1 heterocycles. The van der Waals surface area contributed by atoms with Crippen molar-refractivity contribution in [2.75, 3.05) is 13.1 Å². The first-order valence-corrected chi connectivity index (χ1v) is 5.96. The summed E-state index contributed by atoms with van der Waals surface area (Å²) in [6.07, 6.45) is 3.77. The molecule has 0 saturated carbocycles. The molecule has 1 rings (SSSR count). The van der Waals surface area contributed by atoms with Gasteiger partial charge in [0.05, 0.1) is 11.7 Å². The van der Waals surface area contributed by atoms with Gasteiger partial charge in [0.1, 0.15) is 0 Å². The van der Waals surface area contributed by atoms with Crippen molar-refractivity contribution in [3.63, 3.8) is 0 Å². The maximum Gasteiger partial charge on any atom is 0.0707 e. The van der Waals surface area contributed by atoms with Gasteiger partial charge in [-0.05, 0) is 46.6 Å². The summed E-state index contributed by atoms with van der Waals surface area (Å²) in [5.41, 5.74) is 0.0894. The van der Waals surface area contributed by atoms with Crippen molar-refractivity contribution in [2.45, 2.75) is 57.1 Å². The molecule has 1 aliphatic rings. The second-order valence-corrected chi connectivity index (χ2v) is 5.56. The second-order valence-electron chi connectivity index (χ2n) is 4.81. The van der Waals surface area contributed by atoms with Gasteiger partial charge < -0.3 is 10.1 Å². The van der Waals surface area contributed by atoms with E-state index < -0.39 is 0 Å².